The van der Waals surface area contributed by atoms with E-state index in [-0.39, 0.29) is 11.8 Å². The lowest BCUT2D eigenvalue weighted by molar-refractivity contribution is 0.254. The molecule has 18 heavy (non-hydrogen) atoms. The number of rotatable bonds is 3. The zero-order valence-corrected chi connectivity index (χ0v) is 10.5. The number of halogens is 1. The summed E-state index contributed by atoms with van der Waals surface area (Å²) < 4.78 is 13.1. The van der Waals surface area contributed by atoms with Gasteiger partial charge < -0.3 is 11.5 Å². The smallest absolute Gasteiger partial charge is 0.351 e. The van der Waals surface area contributed by atoms with Crippen molar-refractivity contribution in [3.63, 3.8) is 0 Å². The number of benzene rings is 1. The van der Waals surface area contributed by atoms with Crippen LogP contribution in [0.4, 0.5) is 14.9 Å². The molecule has 4 N–H and O–H groups in total. The predicted octanol–water partition coefficient (Wildman–Crippen LogP) is 1.61. The minimum Gasteiger partial charge on any atom is -0.370 e. The Balaban J connectivity index is 3.16. The van der Waals surface area contributed by atoms with Crippen LogP contribution in [-0.4, -0.2) is 18.5 Å². The minimum atomic E-state index is -0.557. The Labute approximate surface area is 105 Å². The maximum atomic E-state index is 13.1. The third kappa shape index (κ3) is 3.19. The first-order chi connectivity index (χ1) is 8.49. The number of urea groups is 1. The Morgan fingerprint density at radius 1 is 1.39 bits per heavy atom. The molecule has 0 saturated heterocycles. The maximum Gasteiger partial charge on any atom is 0.351 e. The monoisotopic (exact) mass is 252 g/mol. The first kappa shape index (κ1) is 14.0. The van der Waals surface area contributed by atoms with E-state index in [2.05, 4.69) is 4.99 Å². The lowest BCUT2D eigenvalue weighted by Gasteiger charge is -2.21. The fraction of sp³-hybridized carbons (Fsp3) is 0.333. The molecule has 98 valence electrons. The van der Waals surface area contributed by atoms with E-state index in [1.165, 1.54) is 17.0 Å². The summed E-state index contributed by atoms with van der Waals surface area (Å²) >= 11 is 0. The van der Waals surface area contributed by atoms with Crippen LogP contribution in [0.1, 0.15) is 19.4 Å². The fourth-order valence-corrected chi connectivity index (χ4v) is 1.68. The summed E-state index contributed by atoms with van der Waals surface area (Å²) in [5.41, 5.74) is 11.7. The molecule has 1 aromatic carbocycles. The van der Waals surface area contributed by atoms with Gasteiger partial charge in [-0.05, 0) is 37.1 Å². The second kappa shape index (κ2) is 6.00. The lowest BCUT2D eigenvalue weighted by atomic mass is 10.1. The molecule has 2 amide bonds. The zero-order valence-electron chi connectivity index (χ0n) is 10.5. The predicted molar refractivity (Wildman–Crippen MR) is 70.0 cm³/mol. The first-order valence-corrected chi connectivity index (χ1v) is 5.69. The van der Waals surface area contributed by atoms with Gasteiger partial charge in [0.15, 0.2) is 5.96 Å². The van der Waals surface area contributed by atoms with E-state index in [0.717, 1.165) is 5.56 Å². The van der Waals surface area contributed by atoms with Crippen molar-refractivity contribution in [2.45, 2.75) is 20.3 Å². The number of guanidine groups is 1. The molecule has 1 rings (SSSR count). The number of anilines is 1. The standard InChI is InChI=1S/C12H17FN4O/c1-3-8-7-9(13)5-6-10(8)17(4-2)12(18)16-11(14)15/h5-7H,3-4H2,1-2H3,(H4,14,15,16,18). The van der Waals surface area contributed by atoms with Gasteiger partial charge in [0.05, 0.1) is 0 Å². The zero-order chi connectivity index (χ0) is 13.7. The van der Waals surface area contributed by atoms with Crippen molar-refractivity contribution in [2.24, 2.45) is 16.5 Å². The van der Waals surface area contributed by atoms with Gasteiger partial charge in [-0.25, -0.2) is 9.18 Å². The van der Waals surface area contributed by atoms with Gasteiger partial charge in [-0.1, -0.05) is 6.92 Å². The number of amides is 2. The van der Waals surface area contributed by atoms with Crippen molar-refractivity contribution in [1.29, 1.82) is 0 Å². The van der Waals surface area contributed by atoms with E-state index >= 15 is 0 Å². The molecular weight excluding hydrogens is 235 g/mol. The number of carbonyl (C=O) groups excluding carboxylic acids is 1. The van der Waals surface area contributed by atoms with Gasteiger partial charge in [-0.3, -0.25) is 4.90 Å². The van der Waals surface area contributed by atoms with E-state index in [1.54, 1.807) is 13.0 Å². The summed E-state index contributed by atoms with van der Waals surface area (Å²) in [6.45, 7) is 4.08. The lowest BCUT2D eigenvalue weighted by Crippen LogP contribution is -2.33. The molecule has 0 heterocycles. The summed E-state index contributed by atoms with van der Waals surface area (Å²) in [7, 11) is 0. The van der Waals surface area contributed by atoms with Gasteiger partial charge in [0.1, 0.15) is 5.82 Å². The number of nitrogens with zero attached hydrogens (tertiary/aromatic N) is 2. The third-order valence-corrected chi connectivity index (χ3v) is 2.49. The minimum absolute atomic E-state index is 0.293. The van der Waals surface area contributed by atoms with Crippen LogP contribution < -0.4 is 16.4 Å². The molecule has 0 unspecified atom stereocenters. The second-order valence-electron chi connectivity index (χ2n) is 3.69. The fourth-order valence-electron chi connectivity index (χ4n) is 1.68. The molecule has 5 nitrogen and oxygen atoms in total. The topological polar surface area (TPSA) is 84.7 Å². The third-order valence-electron chi connectivity index (χ3n) is 2.49. The van der Waals surface area contributed by atoms with Gasteiger partial charge >= 0.3 is 6.03 Å². The highest BCUT2D eigenvalue weighted by atomic mass is 19.1. The van der Waals surface area contributed by atoms with Gasteiger partial charge in [0.25, 0.3) is 0 Å². The largest absolute Gasteiger partial charge is 0.370 e. The van der Waals surface area contributed by atoms with Crippen LogP contribution >= 0.6 is 0 Å². The molecule has 0 spiro atoms. The Kier molecular flexibility index (Phi) is 4.65. The maximum absolute atomic E-state index is 13.1. The number of aryl methyl sites for hydroxylation is 1. The molecule has 0 aliphatic rings. The van der Waals surface area contributed by atoms with Crippen LogP contribution in [-0.2, 0) is 6.42 Å². The Morgan fingerprint density at radius 2 is 2.06 bits per heavy atom. The molecule has 0 fully saturated rings. The van der Waals surface area contributed by atoms with Crippen LogP contribution in [0, 0.1) is 5.82 Å². The Bertz CT molecular complexity index is 469. The van der Waals surface area contributed by atoms with Crippen molar-refractivity contribution < 1.29 is 9.18 Å². The summed E-state index contributed by atoms with van der Waals surface area (Å²) in [6.07, 6.45) is 0.610. The summed E-state index contributed by atoms with van der Waals surface area (Å²) in [5.74, 6) is -0.625. The van der Waals surface area contributed by atoms with Crippen molar-refractivity contribution in [3.8, 4) is 0 Å². The van der Waals surface area contributed by atoms with Crippen LogP contribution in [0.2, 0.25) is 0 Å². The number of nitrogens with two attached hydrogens (primary N) is 2. The van der Waals surface area contributed by atoms with Crippen LogP contribution in [0.25, 0.3) is 0 Å². The van der Waals surface area contributed by atoms with E-state index in [4.69, 9.17) is 11.5 Å². The average molecular weight is 252 g/mol. The molecule has 0 atom stereocenters. The molecule has 1 aromatic rings. The molecular formula is C12H17FN4O. The van der Waals surface area contributed by atoms with Gasteiger partial charge in [-0.2, -0.15) is 4.99 Å². The number of carbonyl (C=O) groups is 1. The second-order valence-corrected chi connectivity index (χ2v) is 3.69. The van der Waals surface area contributed by atoms with Crippen molar-refractivity contribution in [3.05, 3.63) is 29.6 Å². The van der Waals surface area contributed by atoms with Gasteiger partial charge in [0, 0.05) is 12.2 Å². The van der Waals surface area contributed by atoms with Crippen molar-refractivity contribution >= 4 is 17.7 Å². The Morgan fingerprint density at radius 3 is 2.56 bits per heavy atom. The van der Waals surface area contributed by atoms with E-state index < -0.39 is 6.03 Å². The van der Waals surface area contributed by atoms with E-state index in [0.29, 0.717) is 18.7 Å². The molecule has 0 bridgehead atoms. The van der Waals surface area contributed by atoms with Crippen molar-refractivity contribution in [2.75, 3.05) is 11.4 Å². The van der Waals surface area contributed by atoms with Gasteiger partial charge in [0.2, 0.25) is 0 Å². The van der Waals surface area contributed by atoms with E-state index in [1.807, 2.05) is 6.92 Å². The Hall–Kier alpha value is -2.11. The van der Waals surface area contributed by atoms with Crippen LogP contribution in [0.5, 0.6) is 0 Å². The molecule has 0 aliphatic carbocycles. The molecule has 0 aliphatic heterocycles. The first-order valence-electron chi connectivity index (χ1n) is 5.69. The van der Waals surface area contributed by atoms with E-state index in [9.17, 15) is 9.18 Å². The summed E-state index contributed by atoms with van der Waals surface area (Å²) in [4.78, 5) is 16.7. The van der Waals surface area contributed by atoms with Crippen LogP contribution in [0.3, 0.4) is 0 Å². The number of hydrogen-bond donors (Lipinski definition) is 2. The van der Waals surface area contributed by atoms with Crippen LogP contribution in [0.15, 0.2) is 23.2 Å². The molecule has 0 radical (unpaired) electrons. The number of hydrogen-bond acceptors (Lipinski definition) is 1. The summed E-state index contributed by atoms with van der Waals surface area (Å²) in [6, 6.07) is 3.71. The highest BCUT2D eigenvalue weighted by molar-refractivity contribution is 6.00. The highest BCUT2D eigenvalue weighted by Crippen LogP contribution is 2.23. The SMILES string of the molecule is CCc1cc(F)ccc1N(CC)C(=O)N=C(N)N. The molecule has 0 saturated carbocycles. The normalized spacial score (nSPS) is 9.94. The van der Waals surface area contributed by atoms with Gasteiger partial charge in [-0.15, -0.1) is 0 Å². The highest BCUT2D eigenvalue weighted by Gasteiger charge is 2.16. The average Bonchev–Trinajstić information content (AvgIpc) is 2.30. The molecule has 6 heteroatoms. The van der Waals surface area contributed by atoms with Crippen molar-refractivity contribution in [1.82, 2.24) is 0 Å². The molecule has 0 aromatic heterocycles. The quantitative estimate of drug-likeness (QED) is 0.633. The summed E-state index contributed by atoms with van der Waals surface area (Å²) in [5, 5.41) is 0. The number of aliphatic imine (C=N–C) groups is 1.